The Kier molecular flexibility index (Phi) is 4.65. The molecule has 0 radical (unpaired) electrons. The van der Waals surface area contributed by atoms with E-state index in [-0.39, 0.29) is 16.6 Å². The lowest BCUT2D eigenvalue weighted by molar-refractivity contribution is -0.122. The van der Waals surface area contributed by atoms with Crippen LogP contribution in [0.15, 0.2) is 18.5 Å². The number of amides is 1. The first-order valence-corrected chi connectivity index (χ1v) is 7.18. The van der Waals surface area contributed by atoms with Crippen molar-refractivity contribution in [1.29, 1.82) is 0 Å². The van der Waals surface area contributed by atoms with Gasteiger partial charge in [0.15, 0.2) is 5.82 Å². The van der Waals surface area contributed by atoms with Gasteiger partial charge in [-0.25, -0.2) is 4.39 Å². The summed E-state index contributed by atoms with van der Waals surface area (Å²) in [6, 6.07) is 1.43. The second-order valence-electron chi connectivity index (χ2n) is 5.17. The normalized spacial score (nSPS) is 18.1. The van der Waals surface area contributed by atoms with E-state index in [1.54, 1.807) is 0 Å². The average molecular weight is 295 g/mol. The summed E-state index contributed by atoms with van der Waals surface area (Å²) in [4.78, 5) is 16.4. The lowest BCUT2D eigenvalue weighted by atomic mass is 9.79. The molecule has 0 aromatic carbocycles. The lowest BCUT2D eigenvalue weighted by Crippen LogP contribution is -2.45. The van der Waals surface area contributed by atoms with E-state index < -0.39 is 11.2 Å². The van der Waals surface area contributed by atoms with Gasteiger partial charge in [-0.2, -0.15) is 0 Å². The second-order valence-corrected chi connectivity index (χ2v) is 5.61. The number of thiocarbonyl (C=S) groups is 1. The molecule has 20 heavy (non-hydrogen) atoms. The number of carbonyl (C=O) groups is 1. The van der Waals surface area contributed by atoms with E-state index in [2.05, 4.69) is 10.3 Å². The molecule has 0 saturated heterocycles. The smallest absolute Gasteiger partial charge is 0.237 e. The van der Waals surface area contributed by atoms with E-state index in [1.165, 1.54) is 12.3 Å². The maximum Gasteiger partial charge on any atom is 0.237 e. The quantitative estimate of drug-likeness (QED) is 0.664. The minimum atomic E-state index is -0.860. The summed E-state index contributed by atoms with van der Waals surface area (Å²) in [5.41, 5.74) is 5.08. The minimum absolute atomic E-state index is 0.116. The van der Waals surface area contributed by atoms with Crippen LogP contribution < -0.4 is 11.1 Å². The van der Waals surface area contributed by atoms with Crippen LogP contribution in [0.5, 0.6) is 0 Å². The van der Waals surface area contributed by atoms with Gasteiger partial charge in [0.2, 0.25) is 5.91 Å². The minimum Gasteiger partial charge on any atom is -0.392 e. The van der Waals surface area contributed by atoms with Crippen LogP contribution in [0.25, 0.3) is 0 Å². The summed E-state index contributed by atoms with van der Waals surface area (Å²) >= 11 is 5.12. The monoisotopic (exact) mass is 295 g/mol. The molecule has 1 saturated carbocycles. The largest absolute Gasteiger partial charge is 0.392 e. The number of nitrogens with two attached hydrogens (primary N) is 1. The molecule has 1 aliphatic carbocycles. The highest BCUT2D eigenvalue weighted by Gasteiger charge is 2.41. The van der Waals surface area contributed by atoms with Gasteiger partial charge in [-0.05, 0) is 18.9 Å². The summed E-state index contributed by atoms with van der Waals surface area (Å²) in [6.45, 7) is 0. The molecule has 0 spiro atoms. The Balaban J connectivity index is 2.23. The molecule has 1 amide bonds. The molecule has 6 heteroatoms. The van der Waals surface area contributed by atoms with E-state index >= 15 is 0 Å². The molecule has 3 N–H and O–H groups in total. The van der Waals surface area contributed by atoms with Crippen molar-refractivity contribution >= 4 is 28.8 Å². The van der Waals surface area contributed by atoms with Crippen molar-refractivity contribution in [3.05, 3.63) is 24.3 Å². The maximum absolute atomic E-state index is 13.6. The summed E-state index contributed by atoms with van der Waals surface area (Å²) in [6.07, 6.45) is 7.70. The number of rotatable bonds is 3. The van der Waals surface area contributed by atoms with Crippen LogP contribution >= 0.6 is 12.2 Å². The molecule has 1 fully saturated rings. The lowest BCUT2D eigenvalue weighted by Gasteiger charge is -2.30. The topological polar surface area (TPSA) is 68.0 Å². The summed E-state index contributed by atoms with van der Waals surface area (Å²) in [5, 5.41) is 2.61. The summed E-state index contributed by atoms with van der Waals surface area (Å²) in [5.74, 6) is -0.871. The zero-order chi connectivity index (χ0) is 14.6. The first kappa shape index (κ1) is 14.8. The van der Waals surface area contributed by atoms with E-state index in [0.29, 0.717) is 12.8 Å². The highest BCUT2D eigenvalue weighted by Crippen LogP contribution is 2.36. The Morgan fingerprint density at radius 1 is 1.35 bits per heavy atom. The molecule has 0 aliphatic heterocycles. The Morgan fingerprint density at radius 2 is 2.00 bits per heavy atom. The number of carbonyl (C=O) groups excluding carboxylic acids is 1. The second kappa shape index (κ2) is 6.26. The van der Waals surface area contributed by atoms with E-state index in [1.807, 2.05) is 0 Å². The van der Waals surface area contributed by atoms with Crippen LogP contribution in [0.2, 0.25) is 0 Å². The number of hydrogen-bond acceptors (Lipinski definition) is 3. The predicted molar refractivity (Wildman–Crippen MR) is 79.7 cm³/mol. The van der Waals surface area contributed by atoms with Gasteiger partial charge in [0.05, 0.1) is 22.3 Å². The third-order valence-electron chi connectivity index (χ3n) is 3.88. The van der Waals surface area contributed by atoms with E-state index in [4.69, 9.17) is 18.0 Å². The van der Waals surface area contributed by atoms with Gasteiger partial charge in [0.25, 0.3) is 0 Å². The van der Waals surface area contributed by atoms with E-state index in [0.717, 1.165) is 31.9 Å². The van der Waals surface area contributed by atoms with Crippen molar-refractivity contribution in [3.63, 3.8) is 0 Å². The number of nitrogens with zero attached hydrogens (tertiary/aromatic N) is 1. The molecule has 0 bridgehead atoms. The third-order valence-corrected chi connectivity index (χ3v) is 4.27. The number of anilines is 1. The molecule has 1 aromatic heterocycles. The van der Waals surface area contributed by atoms with Crippen molar-refractivity contribution in [2.75, 3.05) is 5.32 Å². The third kappa shape index (κ3) is 2.95. The molecule has 1 heterocycles. The summed E-state index contributed by atoms with van der Waals surface area (Å²) < 4.78 is 13.6. The maximum atomic E-state index is 13.6. The van der Waals surface area contributed by atoms with Gasteiger partial charge in [-0.15, -0.1) is 0 Å². The fraction of sp³-hybridized carbons (Fsp3) is 0.500. The van der Waals surface area contributed by atoms with Crippen molar-refractivity contribution in [1.82, 2.24) is 4.98 Å². The molecule has 108 valence electrons. The first-order valence-electron chi connectivity index (χ1n) is 6.77. The fourth-order valence-electron chi connectivity index (χ4n) is 2.64. The summed E-state index contributed by atoms with van der Waals surface area (Å²) in [7, 11) is 0. The molecule has 2 rings (SSSR count). The zero-order valence-corrected chi connectivity index (χ0v) is 12.0. The van der Waals surface area contributed by atoms with Crippen molar-refractivity contribution in [2.45, 2.75) is 38.5 Å². The molecule has 0 unspecified atom stereocenters. The molecule has 4 nitrogen and oxygen atoms in total. The van der Waals surface area contributed by atoms with Crippen LogP contribution in [0.3, 0.4) is 0 Å². The van der Waals surface area contributed by atoms with Gasteiger partial charge in [0, 0.05) is 6.20 Å². The number of nitrogens with one attached hydrogen (secondary N) is 1. The van der Waals surface area contributed by atoms with Crippen molar-refractivity contribution in [3.8, 4) is 0 Å². The van der Waals surface area contributed by atoms with Crippen LogP contribution in [0.1, 0.15) is 38.5 Å². The SMILES string of the molecule is NC(=S)C1(C(=O)Nc2ccncc2F)CCCCCC1. The van der Waals surface area contributed by atoms with Crippen molar-refractivity contribution in [2.24, 2.45) is 11.1 Å². The first-order chi connectivity index (χ1) is 9.56. The molecule has 0 atom stereocenters. The molecular weight excluding hydrogens is 277 g/mol. The highest BCUT2D eigenvalue weighted by atomic mass is 32.1. The average Bonchev–Trinajstić information content (AvgIpc) is 2.68. The number of halogens is 1. The van der Waals surface area contributed by atoms with Crippen molar-refractivity contribution < 1.29 is 9.18 Å². The number of hydrogen-bond donors (Lipinski definition) is 2. The van der Waals surface area contributed by atoms with Gasteiger partial charge < -0.3 is 11.1 Å². The Morgan fingerprint density at radius 3 is 2.55 bits per heavy atom. The fourth-order valence-corrected chi connectivity index (χ4v) is 2.93. The van der Waals surface area contributed by atoms with Gasteiger partial charge in [0.1, 0.15) is 0 Å². The zero-order valence-electron chi connectivity index (χ0n) is 11.2. The van der Waals surface area contributed by atoms with Crippen LogP contribution in [-0.4, -0.2) is 15.9 Å². The molecule has 1 aliphatic rings. The Bertz CT molecular complexity index is 513. The van der Waals surface area contributed by atoms with Crippen LogP contribution in [0.4, 0.5) is 10.1 Å². The molecule has 1 aromatic rings. The Hall–Kier alpha value is -1.56. The highest BCUT2D eigenvalue weighted by molar-refractivity contribution is 7.80. The number of pyridine rings is 1. The van der Waals surface area contributed by atoms with Crippen LogP contribution in [0, 0.1) is 11.2 Å². The van der Waals surface area contributed by atoms with Gasteiger partial charge >= 0.3 is 0 Å². The standard InChI is InChI=1S/C14H18FN3OS/c15-10-9-17-8-5-11(10)18-13(19)14(12(16)20)6-3-1-2-4-7-14/h5,8-9H,1-4,6-7H2,(H2,16,20)(H,17,18,19). The number of aromatic nitrogens is 1. The predicted octanol–water partition coefficient (Wildman–Crippen LogP) is 2.79. The van der Waals surface area contributed by atoms with Crippen LogP contribution in [-0.2, 0) is 4.79 Å². The van der Waals surface area contributed by atoms with Gasteiger partial charge in [-0.1, -0.05) is 37.9 Å². The van der Waals surface area contributed by atoms with E-state index in [9.17, 15) is 9.18 Å². The molecular formula is C14H18FN3OS. The Labute approximate surface area is 123 Å². The van der Waals surface area contributed by atoms with Gasteiger partial charge in [-0.3, -0.25) is 9.78 Å².